The van der Waals surface area contributed by atoms with Gasteiger partial charge in [-0.15, -0.1) is 12.4 Å². The Labute approximate surface area is 163 Å². The van der Waals surface area contributed by atoms with Crippen molar-refractivity contribution in [3.8, 4) is 0 Å². The van der Waals surface area contributed by atoms with Gasteiger partial charge in [-0.2, -0.15) is 0 Å². The lowest BCUT2D eigenvalue weighted by Gasteiger charge is -2.17. The summed E-state index contributed by atoms with van der Waals surface area (Å²) in [4.78, 5) is 24.8. The Hall–Kier alpha value is -2.44. The van der Waals surface area contributed by atoms with Crippen molar-refractivity contribution in [1.29, 1.82) is 0 Å². The Morgan fingerprint density at radius 1 is 1.19 bits per heavy atom. The van der Waals surface area contributed by atoms with Crippen molar-refractivity contribution in [3.63, 3.8) is 0 Å². The fourth-order valence-corrected chi connectivity index (χ4v) is 2.85. The number of nitrogens with one attached hydrogen (secondary N) is 2. The van der Waals surface area contributed by atoms with E-state index in [1.54, 1.807) is 24.3 Å². The fourth-order valence-electron chi connectivity index (χ4n) is 2.85. The van der Waals surface area contributed by atoms with E-state index in [0.717, 1.165) is 18.4 Å². The first-order chi connectivity index (χ1) is 12.5. The van der Waals surface area contributed by atoms with Crippen molar-refractivity contribution in [2.75, 3.05) is 11.9 Å². The summed E-state index contributed by atoms with van der Waals surface area (Å²) in [5, 5.41) is 5.63. The maximum Gasteiger partial charge on any atom is 0.258 e. The molecule has 0 spiro atoms. The van der Waals surface area contributed by atoms with Crippen LogP contribution in [0, 0.1) is 18.7 Å². The van der Waals surface area contributed by atoms with Gasteiger partial charge in [0.05, 0.1) is 5.56 Å². The number of halogens is 2. The van der Waals surface area contributed by atoms with Gasteiger partial charge in [-0.05, 0) is 55.5 Å². The van der Waals surface area contributed by atoms with Crippen LogP contribution in [0.2, 0.25) is 0 Å². The second-order valence-corrected chi connectivity index (χ2v) is 6.62. The predicted octanol–water partition coefficient (Wildman–Crippen LogP) is 3.28. The maximum atomic E-state index is 13.8. The molecule has 1 atom stereocenters. The number of amides is 2. The summed E-state index contributed by atoms with van der Waals surface area (Å²) in [6.07, 6.45) is 2.17. The first-order valence-electron chi connectivity index (χ1n) is 8.67. The minimum Gasteiger partial charge on any atom is -0.348 e. The Bertz CT molecular complexity index is 840. The summed E-state index contributed by atoms with van der Waals surface area (Å²) in [5.74, 6) is -0.920. The molecule has 2 aromatic rings. The maximum absolute atomic E-state index is 13.8. The van der Waals surface area contributed by atoms with E-state index in [1.165, 1.54) is 18.2 Å². The summed E-state index contributed by atoms with van der Waals surface area (Å²) < 4.78 is 13.8. The molecule has 1 saturated carbocycles. The molecule has 0 radical (unpaired) electrons. The predicted molar refractivity (Wildman–Crippen MR) is 106 cm³/mol. The van der Waals surface area contributed by atoms with E-state index >= 15 is 0 Å². The van der Waals surface area contributed by atoms with Crippen LogP contribution in [-0.4, -0.2) is 24.4 Å². The van der Waals surface area contributed by atoms with Crippen molar-refractivity contribution >= 4 is 29.9 Å². The first-order valence-corrected chi connectivity index (χ1v) is 8.67. The Morgan fingerprint density at radius 2 is 1.89 bits per heavy atom. The molecular formula is C20H23ClFN3O2. The van der Waals surface area contributed by atoms with Crippen LogP contribution in [0.3, 0.4) is 0 Å². The molecule has 2 amide bonds. The number of nitrogens with two attached hydrogens (primary N) is 1. The zero-order valence-corrected chi connectivity index (χ0v) is 15.8. The lowest BCUT2D eigenvalue weighted by molar-refractivity contribution is 0.0932. The van der Waals surface area contributed by atoms with Crippen LogP contribution >= 0.6 is 12.4 Å². The minimum absolute atomic E-state index is 0. The van der Waals surface area contributed by atoms with Crippen molar-refractivity contribution in [1.82, 2.24) is 5.32 Å². The van der Waals surface area contributed by atoms with E-state index in [9.17, 15) is 14.0 Å². The molecule has 144 valence electrons. The monoisotopic (exact) mass is 391 g/mol. The SMILES string of the molecule is Cc1ccc(C(=O)NC(CN)C2CC2)cc1NC(=O)c1ccccc1F.Cl. The second kappa shape index (κ2) is 8.97. The number of carbonyl (C=O) groups excluding carboxylic acids is 2. The van der Waals surface area contributed by atoms with Crippen molar-refractivity contribution < 1.29 is 14.0 Å². The van der Waals surface area contributed by atoms with Crippen molar-refractivity contribution in [2.45, 2.75) is 25.8 Å². The highest BCUT2D eigenvalue weighted by atomic mass is 35.5. The van der Waals surface area contributed by atoms with E-state index in [4.69, 9.17) is 5.73 Å². The molecule has 3 rings (SSSR count). The molecule has 0 heterocycles. The molecule has 0 bridgehead atoms. The van der Waals surface area contributed by atoms with Gasteiger partial charge in [0.1, 0.15) is 5.82 Å². The van der Waals surface area contributed by atoms with E-state index in [2.05, 4.69) is 10.6 Å². The van der Waals surface area contributed by atoms with Gasteiger partial charge in [-0.3, -0.25) is 9.59 Å². The Morgan fingerprint density at radius 3 is 2.52 bits per heavy atom. The van der Waals surface area contributed by atoms with Crippen LogP contribution in [0.15, 0.2) is 42.5 Å². The zero-order chi connectivity index (χ0) is 18.7. The van der Waals surface area contributed by atoms with Crippen LogP contribution in [0.4, 0.5) is 10.1 Å². The van der Waals surface area contributed by atoms with Crippen LogP contribution in [0.25, 0.3) is 0 Å². The molecule has 2 aromatic carbocycles. The van der Waals surface area contributed by atoms with Gasteiger partial charge < -0.3 is 16.4 Å². The minimum atomic E-state index is -0.591. The molecule has 0 aromatic heterocycles. The van der Waals surface area contributed by atoms with E-state index in [1.807, 2.05) is 6.92 Å². The van der Waals surface area contributed by atoms with E-state index in [0.29, 0.717) is 23.7 Å². The topological polar surface area (TPSA) is 84.2 Å². The summed E-state index contributed by atoms with van der Waals surface area (Å²) >= 11 is 0. The summed E-state index contributed by atoms with van der Waals surface area (Å²) in [5.41, 5.74) is 7.37. The van der Waals surface area contributed by atoms with Crippen LogP contribution in [0.1, 0.15) is 39.1 Å². The number of carbonyl (C=O) groups is 2. The van der Waals surface area contributed by atoms with E-state index in [-0.39, 0.29) is 29.9 Å². The molecule has 1 aliphatic carbocycles. The standard InChI is InChI=1S/C20H22FN3O2.ClH/c1-12-6-7-14(19(25)24-18(11-22)13-8-9-13)10-17(12)23-20(26)15-4-2-3-5-16(15)21;/h2-7,10,13,18H,8-9,11,22H2,1H3,(H,23,26)(H,24,25);1H. The summed E-state index contributed by atoms with van der Waals surface area (Å²) in [7, 11) is 0. The highest BCUT2D eigenvalue weighted by Gasteiger charge is 2.31. The highest BCUT2D eigenvalue weighted by molar-refractivity contribution is 6.05. The number of hydrogen-bond donors (Lipinski definition) is 3. The summed E-state index contributed by atoms with van der Waals surface area (Å²) in [6.45, 7) is 2.21. The normalized spacial score (nSPS) is 14.0. The first kappa shape index (κ1) is 20.9. The average molecular weight is 392 g/mol. The third-order valence-corrected chi connectivity index (χ3v) is 4.63. The van der Waals surface area contributed by atoms with Gasteiger partial charge in [0.2, 0.25) is 0 Å². The average Bonchev–Trinajstić information content (AvgIpc) is 3.46. The zero-order valence-electron chi connectivity index (χ0n) is 15.0. The largest absolute Gasteiger partial charge is 0.348 e. The third-order valence-electron chi connectivity index (χ3n) is 4.63. The molecule has 4 N–H and O–H groups in total. The van der Waals surface area contributed by atoms with Gasteiger partial charge in [-0.1, -0.05) is 18.2 Å². The molecule has 5 nitrogen and oxygen atoms in total. The molecule has 1 unspecified atom stereocenters. The molecular weight excluding hydrogens is 369 g/mol. The lowest BCUT2D eigenvalue weighted by Crippen LogP contribution is -2.41. The van der Waals surface area contributed by atoms with Gasteiger partial charge >= 0.3 is 0 Å². The number of rotatable bonds is 6. The molecule has 0 aliphatic heterocycles. The Balaban J connectivity index is 0.00000261. The van der Waals surface area contributed by atoms with E-state index < -0.39 is 11.7 Å². The van der Waals surface area contributed by atoms with Crippen LogP contribution in [0.5, 0.6) is 0 Å². The van der Waals surface area contributed by atoms with Crippen LogP contribution in [-0.2, 0) is 0 Å². The van der Waals surface area contributed by atoms with Crippen LogP contribution < -0.4 is 16.4 Å². The Kier molecular flexibility index (Phi) is 6.93. The van der Waals surface area contributed by atoms with Gasteiger partial charge in [0.15, 0.2) is 0 Å². The summed E-state index contributed by atoms with van der Waals surface area (Å²) in [6, 6.07) is 10.8. The van der Waals surface area contributed by atoms with Gasteiger partial charge in [0.25, 0.3) is 11.8 Å². The number of benzene rings is 2. The smallest absolute Gasteiger partial charge is 0.258 e. The highest BCUT2D eigenvalue weighted by Crippen LogP contribution is 2.32. The number of aryl methyl sites for hydroxylation is 1. The van der Waals surface area contributed by atoms with Crippen molar-refractivity contribution in [2.24, 2.45) is 11.7 Å². The molecule has 7 heteroatoms. The number of hydrogen-bond acceptors (Lipinski definition) is 3. The van der Waals surface area contributed by atoms with Crippen molar-refractivity contribution in [3.05, 3.63) is 65.0 Å². The second-order valence-electron chi connectivity index (χ2n) is 6.62. The molecule has 1 fully saturated rings. The fraction of sp³-hybridized carbons (Fsp3) is 0.300. The van der Waals surface area contributed by atoms with Gasteiger partial charge in [0, 0.05) is 23.8 Å². The lowest BCUT2D eigenvalue weighted by atomic mass is 10.1. The molecule has 0 saturated heterocycles. The molecule has 1 aliphatic rings. The number of anilines is 1. The van der Waals surface area contributed by atoms with Gasteiger partial charge in [-0.25, -0.2) is 4.39 Å². The third kappa shape index (κ3) is 5.05. The quantitative estimate of drug-likeness (QED) is 0.706. The molecule has 27 heavy (non-hydrogen) atoms.